The van der Waals surface area contributed by atoms with Gasteiger partial charge in [0.2, 0.25) is 0 Å². The topological polar surface area (TPSA) is 38.3 Å². The maximum Gasteiger partial charge on any atom is 0.426 e. The second-order valence-corrected chi connectivity index (χ2v) is 9.11. The Morgan fingerprint density at radius 3 is 2.50 bits per heavy atom. The second kappa shape index (κ2) is 9.88. The van der Waals surface area contributed by atoms with E-state index in [1.54, 1.807) is 36.4 Å². The summed E-state index contributed by atoms with van der Waals surface area (Å²) in [6.07, 6.45) is -0.349. The van der Waals surface area contributed by atoms with Crippen molar-refractivity contribution in [2.24, 2.45) is 5.92 Å². The molecular formula is C25H24F3NO2S. The molecule has 0 amide bonds. The monoisotopic (exact) mass is 459 g/mol. The van der Waals surface area contributed by atoms with Gasteiger partial charge in [0.05, 0.1) is 0 Å². The van der Waals surface area contributed by atoms with Crippen LogP contribution in [0.15, 0.2) is 60.7 Å². The van der Waals surface area contributed by atoms with Gasteiger partial charge in [-0.3, -0.25) is 0 Å². The Morgan fingerprint density at radius 1 is 1.06 bits per heavy atom. The number of thiophene rings is 1. The number of alkyl halides is 3. The van der Waals surface area contributed by atoms with E-state index in [1.165, 1.54) is 0 Å². The third-order valence-electron chi connectivity index (χ3n) is 5.74. The molecular weight excluding hydrogens is 435 g/mol. The van der Waals surface area contributed by atoms with Gasteiger partial charge >= 0.3 is 6.18 Å². The van der Waals surface area contributed by atoms with Gasteiger partial charge in [0, 0.05) is 28.9 Å². The average Bonchev–Trinajstić information content (AvgIpc) is 3.44. The molecule has 168 valence electrons. The minimum absolute atomic E-state index is 0.0707. The van der Waals surface area contributed by atoms with Crippen LogP contribution in [0.5, 0.6) is 5.75 Å². The van der Waals surface area contributed by atoms with Gasteiger partial charge in [-0.2, -0.15) is 13.2 Å². The number of rotatable bonds is 8. The van der Waals surface area contributed by atoms with Crippen LogP contribution in [-0.2, 0) is 24.1 Å². The molecule has 1 aliphatic carbocycles. The van der Waals surface area contributed by atoms with Gasteiger partial charge in [0.1, 0.15) is 23.5 Å². The van der Waals surface area contributed by atoms with E-state index in [0.29, 0.717) is 22.7 Å². The van der Waals surface area contributed by atoms with Crippen LogP contribution in [0.1, 0.15) is 34.6 Å². The molecule has 3 aromatic rings. The molecule has 1 aliphatic rings. The number of carbonyl (C=O) groups excluding carboxylic acids is 1. The molecule has 1 aromatic heterocycles. The number of benzene rings is 2. The molecule has 3 nitrogen and oxygen atoms in total. The first-order valence-corrected chi connectivity index (χ1v) is 11.4. The van der Waals surface area contributed by atoms with E-state index in [-0.39, 0.29) is 24.1 Å². The number of carbonyl (C=O) groups is 1. The molecule has 0 saturated heterocycles. The quantitative estimate of drug-likeness (QED) is 0.392. The van der Waals surface area contributed by atoms with E-state index in [0.717, 1.165) is 42.4 Å². The fourth-order valence-corrected chi connectivity index (χ4v) is 5.03. The van der Waals surface area contributed by atoms with Gasteiger partial charge in [0.15, 0.2) is 0 Å². The van der Waals surface area contributed by atoms with Crippen molar-refractivity contribution >= 4 is 17.6 Å². The highest BCUT2D eigenvalue weighted by molar-refractivity contribution is 7.12. The van der Waals surface area contributed by atoms with E-state index in [4.69, 9.17) is 4.74 Å². The summed E-state index contributed by atoms with van der Waals surface area (Å²) in [6.45, 7) is 0.733. The Bertz CT molecular complexity index is 1030. The summed E-state index contributed by atoms with van der Waals surface area (Å²) in [5, 5.41) is 3.44. The second-order valence-electron chi connectivity index (χ2n) is 7.97. The zero-order valence-electron chi connectivity index (χ0n) is 17.4. The maximum atomic E-state index is 13.5. The van der Waals surface area contributed by atoms with Gasteiger partial charge in [-0.1, -0.05) is 48.9 Å². The smallest absolute Gasteiger partial charge is 0.426 e. The highest BCUT2D eigenvalue weighted by atomic mass is 32.1. The highest BCUT2D eigenvalue weighted by Gasteiger charge is 2.36. The fraction of sp³-hybridized carbons (Fsp3) is 0.320. The molecule has 0 spiro atoms. The van der Waals surface area contributed by atoms with Crippen molar-refractivity contribution in [3.63, 3.8) is 0 Å². The summed E-state index contributed by atoms with van der Waals surface area (Å²) < 4.78 is 46.3. The summed E-state index contributed by atoms with van der Waals surface area (Å²) in [7, 11) is 0. The molecule has 0 radical (unpaired) electrons. The number of ether oxygens (including phenoxy) is 1. The summed E-state index contributed by atoms with van der Waals surface area (Å²) in [6, 6.07) is 17.9. The van der Waals surface area contributed by atoms with E-state index in [9.17, 15) is 18.0 Å². The van der Waals surface area contributed by atoms with Crippen LogP contribution in [0.2, 0.25) is 0 Å². The Hall–Kier alpha value is -2.64. The van der Waals surface area contributed by atoms with Crippen molar-refractivity contribution in [1.82, 2.24) is 5.32 Å². The molecule has 1 saturated carbocycles. The molecule has 1 N–H and O–H groups in total. The van der Waals surface area contributed by atoms with E-state index in [2.05, 4.69) is 5.32 Å². The summed E-state index contributed by atoms with van der Waals surface area (Å²) in [5.41, 5.74) is 1.79. The Balaban J connectivity index is 1.38. The average molecular weight is 460 g/mol. The van der Waals surface area contributed by atoms with Crippen LogP contribution in [-0.4, -0.2) is 12.3 Å². The first kappa shape index (κ1) is 22.6. The number of hydrogen-bond donors (Lipinski definition) is 1. The van der Waals surface area contributed by atoms with E-state index in [1.807, 2.05) is 24.3 Å². The van der Waals surface area contributed by atoms with Crippen LogP contribution in [0.3, 0.4) is 0 Å². The number of aldehydes is 1. The number of halogens is 3. The summed E-state index contributed by atoms with van der Waals surface area (Å²) >= 11 is 0.720. The van der Waals surface area contributed by atoms with Gasteiger partial charge in [-0.05, 0) is 42.2 Å². The first-order valence-electron chi connectivity index (χ1n) is 10.6. The van der Waals surface area contributed by atoms with Crippen molar-refractivity contribution in [1.29, 1.82) is 0 Å². The number of nitrogens with one attached hydrogen (secondary N) is 1. The number of hydrogen-bond acceptors (Lipinski definition) is 4. The van der Waals surface area contributed by atoms with Crippen molar-refractivity contribution < 1.29 is 22.7 Å². The molecule has 1 fully saturated rings. The van der Waals surface area contributed by atoms with Crippen molar-refractivity contribution in [3.8, 4) is 16.9 Å². The van der Waals surface area contributed by atoms with Crippen molar-refractivity contribution in [2.45, 2.75) is 44.6 Å². The lowest BCUT2D eigenvalue weighted by molar-refractivity contribution is -0.133. The molecule has 4 rings (SSSR count). The zero-order chi connectivity index (χ0) is 22.6. The molecule has 2 atom stereocenters. The van der Waals surface area contributed by atoms with Crippen LogP contribution in [0, 0.1) is 5.92 Å². The summed E-state index contributed by atoms with van der Waals surface area (Å²) in [4.78, 5) is 11.0. The van der Waals surface area contributed by atoms with Gasteiger partial charge in [-0.25, -0.2) is 0 Å². The predicted octanol–water partition coefficient (Wildman–Crippen LogP) is 6.47. The SMILES string of the molecule is O=CC1CCC[C@@H]1NCc1ccc(OCc2cc(-c3ccccc3)c(C(F)(F)F)s2)cc1. The van der Waals surface area contributed by atoms with Crippen LogP contribution in [0.4, 0.5) is 13.2 Å². The Kier molecular flexibility index (Phi) is 6.96. The largest absolute Gasteiger partial charge is 0.488 e. The zero-order valence-corrected chi connectivity index (χ0v) is 18.2. The maximum absolute atomic E-state index is 13.5. The van der Waals surface area contributed by atoms with Crippen LogP contribution < -0.4 is 10.1 Å². The van der Waals surface area contributed by atoms with Crippen molar-refractivity contribution in [2.75, 3.05) is 0 Å². The minimum Gasteiger partial charge on any atom is -0.488 e. The van der Waals surface area contributed by atoms with Crippen LogP contribution in [0.25, 0.3) is 11.1 Å². The first-order chi connectivity index (χ1) is 15.4. The molecule has 2 aromatic carbocycles. The summed E-state index contributed by atoms with van der Waals surface area (Å²) in [5.74, 6) is 0.689. The third kappa shape index (κ3) is 5.40. The Morgan fingerprint density at radius 2 is 1.81 bits per heavy atom. The Labute approximate surface area is 189 Å². The predicted molar refractivity (Wildman–Crippen MR) is 120 cm³/mol. The lowest BCUT2D eigenvalue weighted by Crippen LogP contribution is -2.32. The normalized spacial score (nSPS) is 18.6. The molecule has 1 heterocycles. The van der Waals surface area contributed by atoms with Crippen molar-refractivity contribution in [3.05, 3.63) is 76.0 Å². The standard InChI is InChI=1S/C25H24F3NO2S/c26-25(27,28)24-22(18-5-2-1-3-6-18)13-21(32-24)16-31-20-11-9-17(10-12-20)14-29-23-8-4-7-19(23)15-30/h1-3,5-6,9-13,15,19,23,29H,4,7-8,14,16H2/t19?,23-/m0/s1. The molecule has 0 aliphatic heterocycles. The highest BCUT2D eigenvalue weighted by Crippen LogP contribution is 2.43. The lowest BCUT2D eigenvalue weighted by atomic mass is 10.1. The molecule has 0 bridgehead atoms. The van der Waals surface area contributed by atoms with E-state index < -0.39 is 11.1 Å². The van der Waals surface area contributed by atoms with Gasteiger partial charge < -0.3 is 14.8 Å². The lowest BCUT2D eigenvalue weighted by Gasteiger charge is -2.16. The molecule has 32 heavy (non-hydrogen) atoms. The molecule has 7 heteroatoms. The third-order valence-corrected chi connectivity index (χ3v) is 6.90. The van der Waals surface area contributed by atoms with Gasteiger partial charge in [0.25, 0.3) is 0 Å². The van der Waals surface area contributed by atoms with Gasteiger partial charge in [-0.15, -0.1) is 11.3 Å². The molecule has 1 unspecified atom stereocenters. The minimum atomic E-state index is -4.41. The fourth-order valence-electron chi connectivity index (χ4n) is 4.07. The van der Waals surface area contributed by atoms with E-state index >= 15 is 0 Å². The van der Waals surface area contributed by atoms with Crippen LogP contribution >= 0.6 is 11.3 Å².